The molecule has 0 aliphatic heterocycles. The van der Waals surface area contributed by atoms with Crippen molar-refractivity contribution in [2.45, 2.75) is 32.5 Å². The molecular weight excluding hydrogens is 172 g/mol. The SMILES string of the molecule is CC(N)C(C)N(C)Cc1ccccc1. The molecule has 0 saturated carbocycles. The standard InChI is InChI=1S/C12H20N2/c1-10(13)11(2)14(3)9-12-7-5-4-6-8-12/h4-8,10-11H,9,13H2,1-3H3. The van der Waals surface area contributed by atoms with Crippen molar-refractivity contribution in [1.29, 1.82) is 0 Å². The summed E-state index contributed by atoms with van der Waals surface area (Å²) in [5.74, 6) is 0. The molecule has 2 heteroatoms. The van der Waals surface area contributed by atoms with Crippen LogP contribution in [-0.2, 0) is 6.54 Å². The van der Waals surface area contributed by atoms with Crippen LogP contribution in [0.1, 0.15) is 19.4 Å². The zero-order valence-corrected chi connectivity index (χ0v) is 9.27. The van der Waals surface area contributed by atoms with Gasteiger partial charge in [0.25, 0.3) is 0 Å². The Morgan fingerprint density at radius 3 is 2.29 bits per heavy atom. The molecule has 14 heavy (non-hydrogen) atoms. The molecule has 0 amide bonds. The van der Waals surface area contributed by atoms with Crippen LogP contribution in [0.5, 0.6) is 0 Å². The molecule has 2 nitrogen and oxygen atoms in total. The minimum absolute atomic E-state index is 0.212. The summed E-state index contributed by atoms with van der Waals surface area (Å²) in [5.41, 5.74) is 7.18. The first-order valence-electron chi connectivity index (χ1n) is 5.11. The number of nitrogens with zero attached hydrogens (tertiary/aromatic N) is 1. The van der Waals surface area contributed by atoms with Crippen LogP contribution in [0.25, 0.3) is 0 Å². The minimum atomic E-state index is 0.212. The molecule has 0 aliphatic rings. The highest BCUT2D eigenvalue weighted by molar-refractivity contribution is 5.14. The fraction of sp³-hybridized carbons (Fsp3) is 0.500. The summed E-state index contributed by atoms with van der Waals surface area (Å²) >= 11 is 0. The highest BCUT2D eigenvalue weighted by Gasteiger charge is 2.12. The second kappa shape index (κ2) is 5.13. The molecule has 2 atom stereocenters. The molecule has 0 spiro atoms. The number of rotatable bonds is 4. The predicted molar refractivity (Wildman–Crippen MR) is 61.0 cm³/mol. The summed E-state index contributed by atoms with van der Waals surface area (Å²) in [6, 6.07) is 11.1. The average molecular weight is 192 g/mol. The summed E-state index contributed by atoms with van der Waals surface area (Å²) in [4.78, 5) is 2.28. The normalized spacial score (nSPS) is 15.5. The molecule has 0 heterocycles. The molecule has 78 valence electrons. The van der Waals surface area contributed by atoms with Gasteiger partial charge in [0.2, 0.25) is 0 Å². The summed E-state index contributed by atoms with van der Waals surface area (Å²) in [7, 11) is 2.11. The van der Waals surface area contributed by atoms with Gasteiger partial charge >= 0.3 is 0 Å². The highest BCUT2D eigenvalue weighted by Crippen LogP contribution is 2.07. The third-order valence-electron chi connectivity index (χ3n) is 2.73. The van der Waals surface area contributed by atoms with Gasteiger partial charge in [0.15, 0.2) is 0 Å². The molecule has 0 radical (unpaired) electrons. The van der Waals surface area contributed by atoms with Crippen molar-refractivity contribution in [1.82, 2.24) is 4.90 Å². The van der Waals surface area contributed by atoms with Crippen molar-refractivity contribution in [2.24, 2.45) is 5.73 Å². The average Bonchev–Trinajstić information content (AvgIpc) is 2.18. The van der Waals surface area contributed by atoms with Crippen molar-refractivity contribution >= 4 is 0 Å². The van der Waals surface area contributed by atoms with E-state index < -0.39 is 0 Å². The van der Waals surface area contributed by atoms with Crippen LogP contribution in [-0.4, -0.2) is 24.0 Å². The first-order valence-corrected chi connectivity index (χ1v) is 5.11. The van der Waals surface area contributed by atoms with Crippen LogP contribution in [0.4, 0.5) is 0 Å². The number of benzene rings is 1. The van der Waals surface area contributed by atoms with Gasteiger partial charge in [-0.1, -0.05) is 30.3 Å². The van der Waals surface area contributed by atoms with Crippen LogP contribution < -0.4 is 5.73 Å². The van der Waals surface area contributed by atoms with E-state index in [1.807, 2.05) is 13.0 Å². The van der Waals surface area contributed by atoms with E-state index >= 15 is 0 Å². The summed E-state index contributed by atoms with van der Waals surface area (Å²) in [6.07, 6.45) is 0. The zero-order chi connectivity index (χ0) is 10.6. The van der Waals surface area contributed by atoms with Crippen molar-refractivity contribution in [2.75, 3.05) is 7.05 Å². The summed E-state index contributed by atoms with van der Waals surface area (Å²) in [5, 5.41) is 0. The van der Waals surface area contributed by atoms with Crippen molar-refractivity contribution in [3.63, 3.8) is 0 Å². The largest absolute Gasteiger partial charge is 0.327 e. The van der Waals surface area contributed by atoms with E-state index in [0.717, 1.165) is 6.54 Å². The third kappa shape index (κ3) is 3.13. The van der Waals surface area contributed by atoms with Crippen LogP contribution in [0, 0.1) is 0 Å². The Balaban J connectivity index is 2.53. The maximum Gasteiger partial charge on any atom is 0.0234 e. The van der Waals surface area contributed by atoms with Gasteiger partial charge in [0.1, 0.15) is 0 Å². The van der Waals surface area contributed by atoms with Gasteiger partial charge in [-0.15, -0.1) is 0 Å². The van der Waals surface area contributed by atoms with Crippen molar-refractivity contribution < 1.29 is 0 Å². The van der Waals surface area contributed by atoms with E-state index in [1.54, 1.807) is 0 Å². The van der Waals surface area contributed by atoms with Gasteiger partial charge in [0.05, 0.1) is 0 Å². The lowest BCUT2D eigenvalue weighted by molar-refractivity contribution is 0.225. The van der Waals surface area contributed by atoms with Gasteiger partial charge in [0, 0.05) is 18.6 Å². The number of nitrogens with two attached hydrogens (primary N) is 1. The first-order chi connectivity index (χ1) is 6.61. The molecule has 0 aliphatic carbocycles. The fourth-order valence-electron chi connectivity index (χ4n) is 1.42. The van der Waals surface area contributed by atoms with Crippen molar-refractivity contribution in [3.8, 4) is 0 Å². The molecule has 0 fully saturated rings. The Kier molecular flexibility index (Phi) is 4.11. The monoisotopic (exact) mass is 192 g/mol. The van der Waals surface area contributed by atoms with Crippen LogP contribution >= 0.6 is 0 Å². The Hall–Kier alpha value is -0.860. The van der Waals surface area contributed by atoms with E-state index in [-0.39, 0.29) is 6.04 Å². The molecule has 0 bridgehead atoms. The molecule has 0 aromatic heterocycles. The van der Waals surface area contributed by atoms with E-state index in [0.29, 0.717) is 6.04 Å². The lowest BCUT2D eigenvalue weighted by Gasteiger charge is -2.27. The van der Waals surface area contributed by atoms with E-state index in [2.05, 4.69) is 43.1 Å². The number of likely N-dealkylation sites (N-methyl/N-ethyl adjacent to an activating group) is 1. The quantitative estimate of drug-likeness (QED) is 0.789. The number of hydrogen-bond acceptors (Lipinski definition) is 2. The second-order valence-corrected chi connectivity index (χ2v) is 4.00. The Labute approximate surface area is 86.7 Å². The Morgan fingerprint density at radius 2 is 1.79 bits per heavy atom. The van der Waals surface area contributed by atoms with Gasteiger partial charge in [-0.25, -0.2) is 0 Å². The molecule has 2 N–H and O–H groups in total. The van der Waals surface area contributed by atoms with Gasteiger partial charge in [-0.2, -0.15) is 0 Å². The van der Waals surface area contributed by atoms with Crippen LogP contribution in [0.3, 0.4) is 0 Å². The highest BCUT2D eigenvalue weighted by atomic mass is 15.1. The summed E-state index contributed by atoms with van der Waals surface area (Å²) in [6.45, 7) is 5.17. The van der Waals surface area contributed by atoms with Gasteiger partial charge < -0.3 is 5.73 Å². The topological polar surface area (TPSA) is 29.3 Å². The van der Waals surface area contributed by atoms with Gasteiger partial charge in [-0.05, 0) is 26.5 Å². The van der Waals surface area contributed by atoms with E-state index in [9.17, 15) is 0 Å². The maximum absolute atomic E-state index is 5.85. The Morgan fingerprint density at radius 1 is 1.21 bits per heavy atom. The summed E-state index contributed by atoms with van der Waals surface area (Å²) < 4.78 is 0. The molecule has 1 rings (SSSR count). The van der Waals surface area contributed by atoms with E-state index in [4.69, 9.17) is 5.73 Å². The van der Waals surface area contributed by atoms with Gasteiger partial charge in [-0.3, -0.25) is 4.90 Å². The molecule has 0 saturated heterocycles. The smallest absolute Gasteiger partial charge is 0.0234 e. The first kappa shape index (κ1) is 11.2. The van der Waals surface area contributed by atoms with Crippen LogP contribution in [0.2, 0.25) is 0 Å². The molecule has 1 aromatic carbocycles. The van der Waals surface area contributed by atoms with Crippen LogP contribution in [0.15, 0.2) is 30.3 Å². The minimum Gasteiger partial charge on any atom is -0.327 e. The second-order valence-electron chi connectivity index (χ2n) is 4.00. The number of hydrogen-bond donors (Lipinski definition) is 1. The lowest BCUT2D eigenvalue weighted by atomic mass is 10.1. The zero-order valence-electron chi connectivity index (χ0n) is 9.27. The maximum atomic E-state index is 5.85. The predicted octanol–water partition coefficient (Wildman–Crippen LogP) is 1.85. The molecule has 1 aromatic rings. The third-order valence-corrected chi connectivity index (χ3v) is 2.73. The molecule has 2 unspecified atom stereocenters. The Bertz CT molecular complexity index is 256. The van der Waals surface area contributed by atoms with Crippen molar-refractivity contribution in [3.05, 3.63) is 35.9 Å². The van der Waals surface area contributed by atoms with E-state index in [1.165, 1.54) is 5.56 Å². The molecular formula is C12H20N2. The fourth-order valence-corrected chi connectivity index (χ4v) is 1.42. The lowest BCUT2D eigenvalue weighted by Crippen LogP contribution is -2.41.